The molecule has 0 spiro atoms. The first-order chi connectivity index (χ1) is 16.4. The normalized spacial score (nSPS) is 13.0. The molecule has 172 valence electrons. The minimum Gasteiger partial charge on any atom is -0.496 e. The number of hydrogen-bond acceptors (Lipinski definition) is 7. The van der Waals surface area contributed by atoms with Gasteiger partial charge in [-0.2, -0.15) is 0 Å². The number of amides is 5. The van der Waals surface area contributed by atoms with Gasteiger partial charge in [0.25, 0.3) is 5.91 Å². The fourth-order valence-corrected chi connectivity index (χ4v) is 3.29. The van der Waals surface area contributed by atoms with Gasteiger partial charge < -0.3 is 14.8 Å². The summed E-state index contributed by atoms with van der Waals surface area (Å²) in [4.78, 5) is 52.5. The average Bonchev–Trinajstić information content (AvgIpc) is 3.09. The fraction of sp³-hybridized carbons (Fsp3) is 0.125. The van der Waals surface area contributed by atoms with Gasteiger partial charge in [0, 0.05) is 18.9 Å². The van der Waals surface area contributed by atoms with Gasteiger partial charge in [0.2, 0.25) is 0 Å². The minimum absolute atomic E-state index is 0.153. The van der Waals surface area contributed by atoms with E-state index in [9.17, 15) is 19.2 Å². The number of imide groups is 2. The second-order valence-corrected chi connectivity index (χ2v) is 7.30. The second-order valence-electron chi connectivity index (χ2n) is 7.30. The molecule has 1 aliphatic rings. The van der Waals surface area contributed by atoms with E-state index in [1.165, 1.54) is 13.2 Å². The highest BCUT2D eigenvalue weighted by Gasteiger charge is 2.36. The van der Waals surface area contributed by atoms with Crippen LogP contribution in [0.15, 0.2) is 67.0 Å². The van der Waals surface area contributed by atoms with Gasteiger partial charge in [0.05, 0.1) is 19.2 Å². The molecule has 0 radical (unpaired) electrons. The Morgan fingerprint density at radius 1 is 0.971 bits per heavy atom. The lowest BCUT2D eigenvalue weighted by molar-refractivity contribution is -0.140. The highest BCUT2D eigenvalue weighted by Crippen LogP contribution is 2.23. The lowest BCUT2D eigenvalue weighted by atomic mass is 10.1. The maximum Gasteiger partial charge on any atom is 0.331 e. The minimum atomic E-state index is -0.978. The topological polar surface area (TPSA) is 127 Å². The molecule has 4 rings (SSSR count). The van der Waals surface area contributed by atoms with Gasteiger partial charge in [-0.25, -0.2) is 4.79 Å². The van der Waals surface area contributed by atoms with Crippen LogP contribution in [-0.2, 0) is 22.7 Å². The van der Waals surface area contributed by atoms with Gasteiger partial charge >= 0.3 is 17.8 Å². The van der Waals surface area contributed by atoms with Gasteiger partial charge in [-0.15, -0.1) is 0 Å². The molecule has 2 aromatic carbocycles. The second kappa shape index (κ2) is 9.82. The number of rotatable bonds is 8. The SMILES string of the molecule is COc1ccc(CN2C(=O)NC(=O)C2=O)cc1C(=O)NCc1ccc(Oc2ccncc2)cc1. The molecule has 0 saturated carbocycles. The summed E-state index contributed by atoms with van der Waals surface area (Å²) < 4.78 is 11.0. The molecule has 34 heavy (non-hydrogen) atoms. The van der Waals surface area contributed by atoms with Crippen LogP contribution < -0.4 is 20.1 Å². The van der Waals surface area contributed by atoms with Crippen molar-refractivity contribution in [2.45, 2.75) is 13.1 Å². The van der Waals surface area contributed by atoms with Crippen molar-refractivity contribution in [2.75, 3.05) is 7.11 Å². The zero-order valence-electron chi connectivity index (χ0n) is 18.1. The molecule has 1 aromatic heterocycles. The smallest absolute Gasteiger partial charge is 0.331 e. The van der Waals surface area contributed by atoms with Crippen molar-refractivity contribution in [1.82, 2.24) is 20.5 Å². The molecular formula is C24H20N4O6. The monoisotopic (exact) mass is 460 g/mol. The largest absolute Gasteiger partial charge is 0.496 e. The van der Waals surface area contributed by atoms with Gasteiger partial charge in [-0.3, -0.25) is 29.6 Å². The van der Waals surface area contributed by atoms with Gasteiger partial charge in [0.15, 0.2) is 0 Å². The molecule has 1 fully saturated rings. The van der Waals surface area contributed by atoms with E-state index in [0.717, 1.165) is 10.5 Å². The quantitative estimate of drug-likeness (QED) is 0.390. The molecule has 5 amide bonds. The molecule has 0 aliphatic carbocycles. The Morgan fingerprint density at radius 2 is 1.65 bits per heavy atom. The molecule has 0 bridgehead atoms. The van der Waals surface area contributed by atoms with E-state index in [4.69, 9.17) is 9.47 Å². The molecule has 1 saturated heterocycles. The molecule has 0 unspecified atom stereocenters. The lowest BCUT2D eigenvalue weighted by Crippen LogP contribution is -2.30. The van der Waals surface area contributed by atoms with E-state index in [-0.39, 0.29) is 18.7 Å². The van der Waals surface area contributed by atoms with Crippen molar-refractivity contribution in [1.29, 1.82) is 0 Å². The first-order valence-electron chi connectivity index (χ1n) is 10.2. The Balaban J connectivity index is 1.41. The number of benzene rings is 2. The van der Waals surface area contributed by atoms with Crippen LogP contribution in [0.2, 0.25) is 0 Å². The Morgan fingerprint density at radius 3 is 2.29 bits per heavy atom. The van der Waals surface area contributed by atoms with Crippen LogP contribution in [0.3, 0.4) is 0 Å². The molecule has 10 heteroatoms. The summed E-state index contributed by atoms with van der Waals surface area (Å²) in [5.41, 5.74) is 1.57. The summed E-state index contributed by atoms with van der Waals surface area (Å²) in [6, 6.07) is 14.6. The number of pyridine rings is 1. The van der Waals surface area contributed by atoms with Crippen molar-refractivity contribution in [2.24, 2.45) is 0 Å². The summed E-state index contributed by atoms with van der Waals surface area (Å²) in [6.07, 6.45) is 3.28. The van der Waals surface area contributed by atoms with E-state index < -0.39 is 23.8 Å². The number of methoxy groups -OCH3 is 1. The third-order valence-electron chi connectivity index (χ3n) is 5.02. The van der Waals surface area contributed by atoms with Crippen molar-refractivity contribution in [3.63, 3.8) is 0 Å². The van der Waals surface area contributed by atoms with E-state index in [1.807, 2.05) is 17.4 Å². The maximum absolute atomic E-state index is 12.8. The molecule has 10 nitrogen and oxygen atoms in total. The summed E-state index contributed by atoms with van der Waals surface area (Å²) in [5.74, 6) is -0.674. The van der Waals surface area contributed by atoms with Crippen molar-refractivity contribution in [3.8, 4) is 17.2 Å². The molecule has 2 N–H and O–H groups in total. The van der Waals surface area contributed by atoms with Crippen molar-refractivity contribution < 1.29 is 28.7 Å². The van der Waals surface area contributed by atoms with Crippen LogP contribution in [0.5, 0.6) is 17.2 Å². The third kappa shape index (κ3) is 5.01. The molecule has 2 heterocycles. The number of ether oxygens (including phenoxy) is 2. The molecule has 1 aliphatic heterocycles. The number of carbonyl (C=O) groups excluding carboxylic acids is 4. The Hall–Kier alpha value is -4.73. The zero-order valence-corrected chi connectivity index (χ0v) is 18.1. The molecule has 3 aromatic rings. The van der Waals surface area contributed by atoms with E-state index in [1.54, 1.807) is 48.8 Å². The van der Waals surface area contributed by atoms with Crippen LogP contribution in [-0.4, -0.2) is 40.7 Å². The third-order valence-corrected chi connectivity index (χ3v) is 5.02. The fourth-order valence-electron chi connectivity index (χ4n) is 3.29. The van der Waals surface area contributed by atoms with Crippen LogP contribution in [0.4, 0.5) is 4.79 Å². The highest BCUT2D eigenvalue weighted by molar-refractivity contribution is 6.44. The number of hydrogen-bond donors (Lipinski definition) is 2. The summed E-state index contributed by atoms with van der Waals surface area (Å²) in [6.45, 7) is 0.100. The van der Waals surface area contributed by atoms with E-state index in [0.29, 0.717) is 22.8 Å². The first kappa shape index (κ1) is 22.5. The first-order valence-corrected chi connectivity index (χ1v) is 10.2. The predicted molar refractivity (Wildman–Crippen MR) is 119 cm³/mol. The van der Waals surface area contributed by atoms with Gasteiger partial charge in [0.1, 0.15) is 17.2 Å². The standard InChI is InChI=1S/C24H20N4O6/c1-33-20-7-4-16(14-28-23(31)22(30)27-24(28)32)12-19(20)21(29)26-13-15-2-5-17(6-3-15)34-18-8-10-25-11-9-18/h2-12H,13-14H2,1H3,(H,26,29)(H,27,30,32). The Kier molecular flexibility index (Phi) is 6.49. The van der Waals surface area contributed by atoms with Crippen LogP contribution in [0.1, 0.15) is 21.5 Å². The lowest BCUT2D eigenvalue weighted by Gasteiger charge is -2.14. The van der Waals surface area contributed by atoms with Gasteiger partial charge in [-0.05, 0) is 47.5 Å². The summed E-state index contributed by atoms with van der Waals surface area (Å²) in [7, 11) is 1.43. The molecule has 0 atom stereocenters. The Labute approximate surface area is 194 Å². The van der Waals surface area contributed by atoms with Crippen molar-refractivity contribution >= 4 is 23.8 Å². The van der Waals surface area contributed by atoms with Crippen LogP contribution in [0.25, 0.3) is 0 Å². The number of aromatic nitrogens is 1. The van der Waals surface area contributed by atoms with Crippen LogP contribution in [0, 0.1) is 0 Å². The summed E-state index contributed by atoms with van der Waals surface area (Å²) >= 11 is 0. The number of carbonyl (C=O) groups is 4. The van der Waals surface area contributed by atoms with Crippen molar-refractivity contribution in [3.05, 3.63) is 83.7 Å². The maximum atomic E-state index is 12.8. The highest BCUT2D eigenvalue weighted by atomic mass is 16.5. The summed E-state index contributed by atoms with van der Waals surface area (Å²) in [5, 5.41) is 4.76. The number of nitrogens with zero attached hydrogens (tertiary/aromatic N) is 2. The van der Waals surface area contributed by atoms with E-state index >= 15 is 0 Å². The zero-order chi connectivity index (χ0) is 24.1. The predicted octanol–water partition coefficient (Wildman–Crippen LogP) is 2.39. The van der Waals surface area contributed by atoms with E-state index in [2.05, 4.69) is 10.3 Å². The number of nitrogens with one attached hydrogen (secondary N) is 2. The van der Waals surface area contributed by atoms with Gasteiger partial charge in [-0.1, -0.05) is 18.2 Å². The number of urea groups is 1. The van der Waals surface area contributed by atoms with Crippen LogP contribution >= 0.6 is 0 Å². The Bertz CT molecular complexity index is 1240. The average molecular weight is 460 g/mol. The molecular weight excluding hydrogens is 440 g/mol.